The maximum absolute atomic E-state index is 5.15. The fourth-order valence-corrected chi connectivity index (χ4v) is 4.61. The molecule has 5 aromatic rings. The molecule has 0 amide bonds. The van der Waals surface area contributed by atoms with Crippen LogP contribution in [0.15, 0.2) is 108 Å². The fourth-order valence-electron chi connectivity index (χ4n) is 4.61. The number of benzene rings is 5. The van der Waals surface area contributed by atoms with Gasteiger partial charge in [-0.2, -0.15) is 0 Å². The van der Waals surface area contributed by atoms with Gasteiger partial charge in [0.15, 0.2) is 0 Å². The molecule has 32 heavy (non-hydrogen) atoms. The van der Waals surface area contributed by atoms with Crippen LogP contribution in [0.5, 0.6) is 0 Å². The lowest BCUT2D eigenvalue weighted by atomic mass is 9.92. The van der Waals surface area contributed by atoms with Crippen molar-refractivity contribution >= 4 is 43.7 Å². The number of rotatable bonds is 5. The SMILES string of the molecule is CC/C=C(/N=C(\CC)c1ccc2c3ccccc3c3ccccc3c2c1)c1ccccc1. The molecule has 0 aliphatic carbocycles. The summed E-state index contributed by atoms with van der Waals surface area (Å²) in [6, 6.07) is 34.8. The number of aliphatic imine (C=N–C) groups is 1. The number of hydrogen-bond donors (Lipinski definition) is 0. The first-order valence-corrected chi connectivity index (χ1v) is 11.5. The minimum absolute atomic E-state index is 0.880. The van der Waals surface area contributed by atoms with Gasteiger partial charge in [-0.05, 0) is 62.4 Å². The standard InChI is InChI=1S/C31H27N/c1-3-12-31(22-13-6-5-7-14-22)32-30(4-2)23-19-20-28-26-17-9-8-15-24(26)25-16-10-11-18-27(25)29(28)21-23/h5-21H,3-4H2,1-2H3/b31-12+,32-30+. The number of allylic oxidation sites excluding steroid dienone is 1. The molecular formula is C31H27N. The summed E-state index contributed by atoms with van der Waals surface area (Å²) in [4.78, 5) is 5.15. The quantitative estimate of drug-likeness (QED) is 0.202. The molecule has 0 N–H and O–H groups in total. The second-order valence-electron chi connectivity index (χ2n) is 8.13. The zero-order valence-electron chi connectivity index (χ0n) is 18.7. The minimum Gasteiger partial charge on any atom is -0.253 e. The van der Waals surface area contributed by atoms with Crippen molar-refractivity contribution in [1.82, 2.24) is 0 Å². The average molecular weight is 414 g/mol. The van der Waals surface area contributed by atoms with Crippen LogP contribution in [-0.4, -0.2) is 5.71 Å². The van der Waals surface area contributed by atoms with Gasteiger partial charge in [-0.15, -0.1) is 0 Å². The minimum atomic E-state index is 0.880. The Morgan fingerprint density at radius 3 is 1.69 bits per heavy atom. The highest BCUT2D eigenvalue weighted by molar-refractivity contribution is 6.26. The van der Waals surface area contributed by atoms with Gasteiger partial charge in [0.2, 0.25) is 0 Å². The van der Waals surface area contributed by atoms with E-state index in [0.29, 0.717) is 0 Å². The van der Waals surface area contributed by atoms with Crippen molar-refractivity contribution in [2.24, 2.45) is 4.99 Å². The molecule has 0 aliphatic rings. The van der Waals surface area contributed by atoms with Crippen molar-refractivity contribution in [2.75, 3.05) is 0 Å². The first-order chi connectivity index (χ1) is 15.8. The van der Waals surface area contributed by atoms with E-state index in [2.05, 4.69) is 117 Å². The van der Waals surface area contributed by atoms with Crippen LogP contribution in [0, 0.1) is 0 Å². The molecule has 0 spiro atoms. The molecule has 0 bridgehead atoms. The third-order valence-corrected chi connectivity index (χ3v) is 6.13. The largest absolute Gasteiger partial charge is 0.253 e. The lowest BCUT2D eigenvalue weighted by molar-refractivity contribution is 1.21. The topological polar surface area (TPSA) is 12.4 Å². The summed E-state index contributed by atoms with van der Waals surface area (Å²) in [5.41, 5.74) is 4.53. The third-order valence-electron chi connectivity index (χ3n) is 6.13. The smallest absolute Gasteiger partial charge is 0.0665 e. The molecule has 0 heterocycles. The molecule has 0 aliphatic heterocycles. The van der Waals surface area contributed by atoms with Gasteiger partial charge in [0, 0.05) is 5.71 Å². The van der Waals surface area contributed by atoms with Gasteiger partial charge < -0.3 is 0 Å². The van der Waals surface area contributed by atoms with E-state index in [9.17, 15) is 0 Å². The van der Waals surface area contributed by atoms with Gasteiger partial charge in [-0.3, -0.25) is 4.99 Å². The van der Waals surface area contributed by atoms with Crippen LogP contribution in [0.3, 0.4) is 0 Å². The van der Waals surface area contributed by atoms with E-state index in [1.807, 2.05) is 0 Å². The molecule has 0 saturated carbocycles. The number of hydrogen-bond acceptors (Lipinski definition) is 1. The summed E-state index contributed by atoms with van der Waals surface area (Å²) in [5.74, 6) is 0. The molecular weight excluding hydrogens is 386 g/mol. The van der Waals surface area contributed by atoms with Gasteiger partial charge >= 0.3 is 0 Å². The molecule has 0 fully saturated rings. The maximum atomic E-state index is 5.15. The Morgan fingerprint density at radius 2 is 1.12 bits per heavy atom. The number of nitrogens with zero attached hydrogens (tertiary/aromatic N) is 1. The highest BCUT2D eigenvalue weighted by atomic mass is 14.8. The van der Waals surface area contributed by atoms with Gasteiger partial charge in [-0.25, -0.2) is 0 Å². The van der Waals surface area contributed by atoms with E-state index in [1.165, 1.54) is 37.9 Å². The van der Waals surface area contributed by atoms with Crippen molar-refractivity contribution < 1.29 is 0 Å². The van der Waals surface area contributed by atoms with E-state index in [4.69, 9.17) is 4.99 Å². The van der Waals surface area contributed by atoms with E-state index in [1.54, 1.807) is 0 Å². The Morgan fingerprint density at radius 1 is 0.594 bits per heavy atom. The summed E-state index contributed by atoms with van der Waals surface area (Å²) in [7, 11) is 0. The molecule has 1 nitrogen and oxygen atoms in total. The first-order valence-electron chi connectivity index (χ1n) is 11.5. The summed E-state index contributed by atoms with van der Waals surface area (Å²) in [6.07, 6.45) is 4.05. The van der Waals surface area contributed by atoms with E-state index in [-0.39, 0.29) is 0 Å². The van der Waals surface area contributed by atoms with Gasteiger partial charge in [0.05, 0.1) is 5.70 Å². The summed E-state index contributed by atoms with van der Waals surface area (Å²) >= 11 is 0. The second kappa shape index (κ2) is 8.80. The van der Waals surface area contributed by atoms with Gasteiger partial charge in [-0.1, -0.05) is 111 Å². The van der Waals surface area contributed by atoms with Crippen molar-refractivity contribution in [3.63, 3.8) is 0 Å². The molecule has 0 aromatic heterocycles. The Balaban J connectivity index is 1.73. The van der Waals surface area contributed by atoms with Crippen molar-refractivity contribution in [3.05, 3.63) is 114 Å². The van der Waals surface area contributed by atoms with E-state index in [0.717, 1.165) is 29.8 Å². The molecule has 0 unspecified atom stereocenters. The second-order valence-corrected chi connectivity index (χ2v) is 8.13. The Kier molecular flexibility index (Phi) is 5.56. The zero-order valence-corrected chi connectivity index (χ0v) is 18.7. The van der Waals surface area contributed by atoms with E-state index >= 15 is 0 Å². The Bertz CT molecular complexity index is 1440. The Hall–Kier alpha value is -3.71. The van der Waals surface area contributed by atoms with Crippen molar-refractivity contribution in [1.29, 1.82) is 0 Å². The van der Waals surface area contributed by atoms with Gasteiger partial charge in [0.25, 0.3) is 0 Å². The molecule has 5 rings (SSSR count). The Labute approximate surface area is 189 Å². The van der Waals surface area contributed by atoms with Crippen LogP contribution in [0.2, 0.25) is 0 Å². The predicted octanol–water partition coefficient (Wildman–Crippen LogP) is 8.80. The third kappa shape index (κ3) is 3.61. The van der Waals surface area contributed by atoms with Crippen LogP contribution < -0.4 is 0 Å². The zero-order chi connectivity index (χ0) is 21.9. The molecule has 5 aromatic carbocycles. The van der Waals surface area contributed by atoms with Crippen LogP contribution in [-0.2, 0) is 0 Å². The van der Waals surface area contributed by atoms with Crippen LogP contribution in [0.4, 0.5) is 0 Å². The molecule has 1 heteroatoms. The van der Waals surface area contributed by atoms with E-state index < -0.39 is 0 Å². The maximum Gasteiger partial charge on any atom is 0.0665 e. The van der Waals surface area contributed by atoms with Crippen molar-refractivity contribution in [3.8, 4) is 0 Å². The lowest BCUT2D eigenvalue weighted by Gasteiger charge is -2.13. The van der Waals surface area contributed by atoms with Crippen LogP contribution in [0.1, 0.15) is 37.8 Å². The first kappa shape index (κ1) is 20.2. The van der Waals surface area contributed by atoms with Crippen LogP contribution >= 0.6 is 0 Å². The highest BCUT2D eigenvalue weighted by Crippen LogP contribution is 2.35. The van der Waals surface area contributed by atoms with Gasteiger partial charge in [0.1, 0.15) is 0 Å². The normalized spacial score (nSPS) is 12.7. The lowest BCUT2D eigenvalue weighted by Crippen LogP contribution is -2.00. The average Bonchev–Trinajstić information content (AvgIpc) is 2.87. The molecule has 156 valence electrons. The predicted molar refractivity (Wildman–Crippen MR) is 140 cm³/mol. The molecule has 0 radical (unpaired) electrons. The van der Waals surface area contributed by atoms with Crippen LogP contribution in [0.25, 0.3) is 38.0 Å². The van der Waals surface area contributed by atoms with Crippen molar-refractivity contribution in [2.45, 2.75) is 26.7 Å². The fraction of sp³-hybridized carbons (Fsp3) is 0.129. The summed E-state index contributed by atoms with van der Waals surface area (Å²) in [6.45, 7) is 4.35. The summed E-state index contributed by atoms with van der Waals surface area (Å²) < 4.78 is 0. The molecule has 0 saturated heterocycles. The number of fused-ring (bicyclic) bond motifs is 6. The summed E-state index contributed by atoms with van der Waals surface area (Å²) in [5, 5.41) is 7.80. The highest BCUT2D eigenvalue weighted by Gasteiger charge is 2.11. The monoisotopic (exact) mass is 413 g/mol. The molecule has 0 atom stereocenters.